The molecule has 2 atom stereocenters. The summed E-state index contributed by atoms with van der Waals surface area (Å²) in [5, 5.41) is 2.53. The van der Waals surface area contributed by atoms with Crippen molar-refractivity contribution < 1.29 is 14.4 Å². The van der Waals surface area contributed by atoms with Gasteiger partial charge in [0.2, 0.25) is 11.8 Å². The van der Waals surface area contributed by atoms with E-state index >= 15 is 0 Å². The fraction of sp³-hybridized carbons (Fsp3) is 0.727. The molecule has 2 radical (unpaired) electrons. The van der Waals surface area contributed by atoms with Gasteiger partial charge in [0.25, 0.3) is 0 Å². The van der Waals surface area contributed by atoms with Gasteiger partial charge >= 0.3 is 0 Å². The predicted octanol–water partition coefficient (Wildman–Crippen LogP) is -0.0961. The highest BCUT2D eigenvalue weighted by Crippen LogP contribution is 2.01. The summed E-state index contributed by atoms with van der Waals surface area (Å²) < 4.78 is 0. The Balaban J connectivity index is 4.39. The lowest BCUT2D eigenvalue weighted by Crippen LogP contribution is -2.49. The number of carbonyl (C=O) groups excluding carboxylic acids is 3. The maximum atomic E-state index is 11.9. The monoisotopic (exact) mass is 238 g/mol. The first kappa shape index (κ1) is 15.7. The molecule has 2 unspecified atom stereocenters. The third-order valence-corrected chi connectivity index (χ3v) is 2.64. The molecule has 0 bridgehead atoms. The SMILES string of the molecule is [B]CCC(=O)NC(C)C(=O)N(C)C(C)C(C)=O. The van der Waals surface area contributed by atoms with Gasteiger partial charge in [-0.2, -0.15) is 0 Å². The highest BCUT2D eigenvalue weighted by molar-refractivity contribution is 6.10. The Morgan fingerprint density at radius 3 is 2.24 bits per heavy atom. The number of nitrogens with zero attached hydrogens (tertiary/aromatic N) is 1. The van der Waals surface area contributed by atoms with Gasteiger partial charge in [-0.15, -0.1) is 0 Å². The minimum absolute atomic E-state index is 0.0960. The Bertz CT molecular complexity index is 307. The van der Waals surface area contributed by atoms with Crippen molar-refractivity contribution in [3.63, 3.8) is 0 Å². The zero-order valence-electron chi connectivity index (χ0n) is 10.8. The summed E-state index contributed by atoms with van der Waals surface area (Å²) in [6.45, 7) is 4.65. The molecule has 1 N–H and O–H groups in total. The zero-order chi connectivity index (χ0) is 13.6. The molecule has 0 aromatic rings. The van der Waals surface area contributed by atoms with Crippen LogP contribution in [0.1, 0.15) is 27.2 Å². The van der Waals surface area contributed by atoms with Crippen LogP contribution in [-0.4, -0.2) is 49.5 Å². The minimum atomic E-state index is -0.652. The van der Waals surface area contributed by atoms with Crippen LogP contribution in [0, 0.1) is 0 Å². The van der Waals surface area contributed by atoms with E-state index in [1.54, 1.807) is 20.9 Å². The van der Waals surface area contributed by atoms with E-state index < -0.39 is 12.1 Å². The standard InChI is InChI=1S/C11H19BN2O3/c1-7(13-10(16)5-6-12)11(17)14(4)8(2)9(3)15/h7-8H,5-6H2,1-4H3,(H,13,16). The molecule has 17 heavy (non-hydrogen) atoms. The van der Waals surface area contributed by atoms with Crippen molar-refractivity contribution >= 4 is 25.4 Å². The van der Waals surface area contributed by atoms with Gasteiger partial charge in [-0.3, -0.25) is 14.4 Å². The number of nitrogens with one attached hydrogen (secondary N) is 1. The quantitative estimate of drug-likeness (QED) is 0.657. The molecular formula is C11H19BN2O3. The lowest BCUT2D eigenvalue weighted by atomic mass is 10.0. The molecule has 0 aromatic heterocycles. The van der Waals surface area contributed by atoms with Gasteiger partial charge in [0.05, 0.1) is 13.9 Å². The average Bonchev–Trinajstić information content (AvgIpc) is 2.25. The third-order valence-electron chi connectivity index (χ3n) is 2.64. The molecule has 0 aromatic carbocycles. The molecule has 0 spiro atoms. The number of ketones is 1. The first-order valence-electron chi connectivity index (χ1n) is 5.57. The molecule has 94 valence electrons. The fourth-order valence-corrected chi connectivity index (χ4v) is 1.28. The molecule has 0 saturated carbocycles. The van der Waals surface area contributed by atoms with Crippen LogP contribution < -0.4 is 5.32 Å². The van der Waals surface area contributed by atoms with Crippen LogP contribution in [0.2, 0.25) is 6.32 Å². The minimum Gasteiger partial charge on any atom is -0.345 e. The Kier molecular flexibility index (Phi) is 6.54. The Morgan fingerprint density at radius 1 is 1.29 bits per heavy atom. The Hall–Kier alpha value is -1.33. The van der Waals surface area contributed by atoms with Crippen molar-refractivity contribution in [2.45, 2.75) is 45.6 Å². The number of hydrogen-bond acceptors (Lipinski definition) is 3. The average molecular weight is 238 g/mol. The highest BCUT2D eigenvalue weighted by Gasteiger charge is 2.24. The van der Waals surface area contributed by atoms with Gasteiger partial charge in [-0.1, -0.05) is 6.32 Å². The van der Waals surface area contributed by atoms with Crippen LogP contribution >= 0.6 is 0 Å². The van der Waals surface area contributed by atoms with Gasteiger partial charge in [0, 0.05) is 13.5 Å². The number of carbonyl (C=O) groups is 3. The van der Waals surface area contributed by atoms with Crippen molar-refractivity contribution in [1.29, 1.82) is 0 Å². The van der Waals surface area contributed by atoms with Crippen LogP contribution in [0.5, 0.6) is 0 Å². The summed E-state index contributed by atoms with van der Waals surface area (Å²) in [7, 11) is 6.77. The van der Waals surface area contributed by atoms with Crippen molar-refractivity contribution in [2.24, 2.45) is 0 Å². The van der Waals surface area contributed by atoms with Crippen LogP contribution in [0.25, 0.3) is 0 Å². The van der Waals surface area contributed by atoms with Crippen LogP contribution in [0.3, 0.4) is 0 Å². The van der Waals surface area contributed by atoms with E-state index in [0.29, 0.717) is 0 Å². The Morgan fingerprint density at radius 2 is 1.82 bits per heavy atom. The van der Waals surface area contributed by atoms with E-state index in [2.05, 4.69) is 5.32 Å². The smallest absolute Gasteiger partial charge is 0.245 e. The second-order valence-electron chi connectivity index (χ2n) is 4.06. The highest BCUT2D eigenvalue weighted by atomic mass is 16.2. The molecule has 0 heterocycles. The summed E-state index contributed by atoms with van der Waals surface area (Å²) in [6, 6.07) is -1.14. The molecule has 0 saturated heterocycles. The second kappa shape index (κ2) is 7.09. The van der Waals surface area contributed by atoms with E-state index in [9.17, 15) is 14.4 Å². The molecular weight excluding hydrogens is 219 g/mol. The fourth-order valence-electron chi connectivity index (χ4n) is 1.28. The number of likely N-dealkylation sites (N-methyl/N-ethyl adjacent to an activating group) is 1. The summed E-state index contributed by atoms with van der Waals surface area (Å²) in [5.41, 5.74) is 0. The number of rotatable bonds is 6. The van der Waals surface area contributed by atoms with E-state index in [1.807, 2.05) is 0 Å². The summed E-state index contributed by atoms with van der Waals surface area (Å²) in [5.74, 6) is -0.656. The first-order chi connectivity index (χ1) is 7.81. The normalized spacial score (nSPS) is 13.6. The molecule has 0 fully saturated rings. The largest absolute Gasteiger partial charge is 0.345 e. The van der Waals surface area contributed by atoms with E-state index in [1.165, 1.54) is 11.8 Å². The maximum absolute atomic E-state index is 11.9. The van der Waals surface area contributed by atoms with Gasteiger partial charge in [0.15, 0.2) is 5.78 Å². The molecule has 0 rings (SSSR count). The van der Waals surface area contributed by atoms with Crippen LogP contribution in [0.4, 0.5) is 0 Å². The van der Waals surface area contributed by atoms with Gasteiger partial charge in [-0.25, -0.2) is 0 Å². The van der Waals surface area contributed by atoms with Gasteiger partial charge in [-0.05, 0) is 20.8 Å². The third kappa shape index (κ3) is 5.02. The van der Waals surface area contributed by atoms with Crippen molar-refractivity contribution in [3.05, 3.63) is 0 Å². The van der Waals surface area contributed by atoms with E-state index in [0.717, 1.165) is 0 Å². The van der Waals surface area contributed by atoms with Gasteiger partial charge in [0.1, 0.15) is 6.04 Å². The number of hydrogen-bond donors (Lipinski definition) is 1. The molecule has 0 aliphatic carbocycles. The predicted molar refractivity (Wildman–Crippen MR) is 65.7 cm³/mol. The maximum Gasteiger partial charge on any atom is 0.245 e. The van der Waals surface area contributed by atoms with Crippen molar-refractivity contribution in [1.82, 2.24) is 10.2 Å². The summed E-state index contributed by atoms with van der Waals surface area (Å²) >= 11 is 0. The van der Waals surface area contributed by atoms with Gasteiger partial charge < -0.3 is 10.2 Å². The van der Waals surface area contributed by atoms with E-state index in [4.69, 9.17) is 7.85 Å². The van der Waals surface area contributed by atoms with Crippen molar-refractivity contribution in [2.75, 3.05) is 7.05 Å². The lowest BCUT2D eigenvalue weighted by Gasteiger charge is -2.26. The zero-order valence-corrected chi connectivity index (χ0v) is 10.8. The lowest BCUT2D eigenvalue weighted by molar-refractivity contribution is -0.139. The molecule has 2 amide bonds. The molecule has 6 heteroatoms. The first-order valence-corrected chi connectivity index (χ1v) is 5.57. The molecule has 0 aliphatic heterocycles. The topological polar surface area (TPSA) is 66.5 Å². The number of amides is 2. The van der Waals surface area contributed by atoms with E-state index in [-0.39, 0.29) is 30.3 Å². The van der Waals surface area contributed by atoms with Crippen LogP contribution in [0.15, 0.2) is 0 Å². The summed E-state index contributed by atoms with van der Waals surface area (Å²) in [6.07, 6.45) is 0.427. The molecule has 5 nitrogen and oxygen atoms in total. The summed E-state index contributed by atoms with van der Waals surface area (Å²) in [4.78, 5) is 35.6. The Labute approximate surface area is 103 Å². The second-order valence-corrected chi connectivity index (χ2v) is 4.06. The van der Waals surface area contributed by atoms with Crippen molar-refractivity contribution in [3.8, 4) is 0 Å². The van der Waals surface area contributed by atoms with Crippen LogP contribution in [-0.2, 0) is 14.4 Å². The molecule has 0 aliphatic rings. The number of Topliss-reactive ketones (excluding diaryl/α,β-unsaturated/α-hetero) is 1.